The van der Waals surface area contributed by atoms with Gasteiger partial charge in [0, 0.05) is 19.1 Å². The van der Waals surface area contributed by atoms with Gasteiger partial charge in [-0.2, -0.15) is 4.31 Å². The Bertz CT molecular complexity index is 759. The molecule has 1 atom stereocenters. The summed E-state index contributed by atoms with van der Waals surface area (Å²) in [6.07, 6.45) is 2.49. The highest BCUT2D eigenvalue weighted by Crippen LogP contribution is 2.33. The first kappa shape index (κ1) is 20.7. The standard InChI is InChI=1S/C19H31N3O3S/c1-13-10-15(19(3,4)5)11-14(2)17(13)26(24,25)22-9-7-6-8-16(22)12-21-18(20)23/h10-11,16H,6-9,12H2,1-5H3,(H3,20,21,23). The van der Waals surface area contributed by atoms with E-state index in [0.717, 1.165) is 36.0 Å². The fourth-order valence-corrected chi connectivity index (χ4v) is 5.73. The van der Waals surface area contributed by atoms with E-state index >= 15 is 0 Å². The van der Waals surface area contributed by atoms with Gasteiger partial charge in [-0.1, -0.05) is 39.3 Å². The molecule has 1 unspecified atom stereocenters. The number of nitrogens with two attached hydrogens (primary N) is 1. The molecule has 146 valence electrons. The molecule has 0 bridgehead atoms. The number of aryl methyl sites for hydroxylation is 2. The predicted octanol–water partition coefficient (Wildman–Crippen LogP) is 2.81. The summed E-state index contributed by atoms with van der Waals surface area (Å²) in [4.78, 5) is 11.4. The van der Waals surface area contributed by atoms with Gasteiger partial charge in [-0.25, -0.2) is 13.2 Å². The predicted molar refractivity (Wildman–Crippen MR) is 104 cm³/mol. The van der Waals surface area contributed by atoms with E-state index in [4.69, 9.17) is 5.73 Å². The summed E-state index contributed by atoms with van der Waals surface area (Å²) in [5.74, 6) is 0. The number of urea groups is 1. The Kier molecular flexibility index (Phi) is 6.02. The Labute approximate surface area is 157 Å². The number of nitrogens with one attached hydrogen (secondary N) is 1. The molecule has 0 aliphatic carbocycles. The van der Waals surface area contributed by atoms with Crippen molar-refractivity contribution in [1.82, 2.24) is 9.62 Å². The van der Waals surface area contributed by atoms with Crippen LogP contribution in [0.15, 0.2) is 17.0 Å². The molecule has 26 heavy (non-hydrogen) atoms. The number of amides is 2. The van der Waals surface area contributed by atoms with Gasteiger partial charge in [0.05, 0.1) is 4.90 Å². The topological polar surface area (TPSA) is 92.5 Å². The van der Waals surface area contributed by atoms with Gasteiger partial charge in [-0.05, 0) is 48.8 Å². The number of rotatable bonds is 4. The molecule has 1 heterocycles. The maximum atomic E-state index is 13.4. The van der Waals surface area contributed by atoms with Crippen molar-refractivity contribution >= 4 is 16.1 Å². The number of piperidine rings is 1. The van der Waals surface area contributed by atoms with E-state index in [1.807, 2.05) is 26.0 Å². The van der Waals surface area contributed by atoms with E-state index in [-0.39, 0.29) is 18.0 Å². The third-order valence-corrected chi connectivity index (χ3v) is 7.24. The Hall–Kier alpha value is -1.60. The molecule has 1 fully saturated rings. The summed E-state index contributed by atoms with van der Waals surface area (Å²) in [6, 6.07) is 3.05. The van der Waals surface area contributed by atoms with Gasteiger partial charge in [-0.15, -0.1) is 0 Å². The highest BCUT2D eigenvalue weighted by atomic mass is 32.2. The van der Waals surface area contributed by atoms with Crippen molar-refractivity contribution in [3.63, 3.8) is 0 Å². The molecule has 0 aromatic heterocycles. The van der Waals surface area contributed by atoms with Crippen LogP contribution in [0.5, 0.6) is 0 Å². The van der Waals surface area contributed by atoms with Crippen molar-refractivity contribution in [1.29, 1.82) is 0 Å². The summed E-state index contributed by atoms with van der Waals surface area (Å²) in [7, 11) is -3.64. The lowest BCUT2D eigenvalue weighted by Crippen LogP contribution is -2.50. The lowest BCUT2D eigenvalue weighted by atomic mass is 9.85. The lowest BCUT2D eigenvalue weighted by molar-refractivity contribution is 0.229. The molecule has 7 heteroatoms. The zero-order valence-electron chi connectivity index (χ0n) is 16.4. The van der Waals surface area contributed by atoms with Crippen LogP contribution in [-0.2, 0) is 15.4 Å². The molecule has 1 aliphatic rings. The largest absolute Gasteiger partial charge is 0.352 e. The second-order valence-corrected chi connectivity index (χ2v) is 10.0. The molecule has 0 radical (unpaired) electrons. The lowest BCUT2D eigenvalue weighted by Gasteiger charge is -2.35. The molecule has 3 N–H and O–H groups in total. The number of carbonyl (C=O) groups is 1. The normalized spacial score (nSPS) is 19.3. The fraction of sp³-hybridized carbons (Fsp3) is 0.632. The van der Waals surface area contributed by atoms with E-state index in [1.165, 1.54) is 0 Å². The van der Waals surface area contributed by atoms with Crippen LogP contribution < -0.4 is 11.1 Å². The van der Waals surface area contributed by atoms with Gasteiger partial charge < -0.3 is 11.1 Å². The van der Waals surface area contributed by atoms with E-state index in [2.05, 4.69) is 26.1 Å². The van der Waals surface area contributed by atoms with Crippen LogP contribution in [0, 0.1) is 13.8 Å². The SMILES string of the molecule is Cc1cc(C(C)(C)C)cc(C)c1S(=O)(=O)N1CCCCC1CNC(N)=O. The van der Waals surface area contributed by atoms with Crippen LogP contribution in [0.2, 0.25) is 0 Å². The molecule has 2 rings (SSSR count). The maximum absolute atomic E-state index is 13.4. The zero-order chi connectivity index (χ0) is 19.7. The van der Waals surface area contributed by atoms with Crippen molar-refractivity contribution in [2.75, 3.05) is 13.1 Å². The highest BCUT2D eigenvalue weighted by molar-refractivity contribution is 7.89. The van der Waals surface area contributed by atoms with Crippen LogP contribution >= 0.6 is 0 Å². The van der Waals surface area contributed by atoms with Crippen molar-refractivity contribution < 1.29 is 13.2 Å². The molecule has 2 amide bonds. The average Bonchev–Trinajstić information content (AvgIpc) is 2.51. The molecular weight excluding hydrogens is 350 g/mol. The second kappa shape index (κ2) is 7.56. The summed E-state index contributed by atoms with van der Waals surface area (Å²) in [5.41, 5.74) is 7.77. The first-order valence-electron chi connectivity index (χ1n) is 9.11. The maximum Gasteiger partial charge on any atom is 0.312 e. The van der Waals surface area contributed by atoms with E-state index < -0.39 is 16.1 Å². The summed E-state index contributed by atoms with van der Waals surface area (Å²) in [6.45, 7) is 10.8. The molecule has 6 nitrogen and oxygen atoms in total. The molecule has 1 saturated heterocycles. The third kappa shape index (κ3) is 4.38. The first-order chi connectivity index (χ1) is 11.9. The zero-order valence-corrected chi connectivity index (χ0v) is 17.2. The van der Waals surface area contributed by atoms with Crippen molar-refractivity contribution in [2.45, 2.75) is 70.2 Å². The third-order valence-electron chi connectivity index (χ3n) is 4.98. The molecule has 1 aromatic carbocycles. The van der Waals surface area contributed by atoms with Gasteiger partial charge in [0.1, 0.15) is 0 Å². The number of hydrogen-bond donors (Lipinski definition) is 2. The van der Waals surface area contributed by atoms with Gasteiger partial charge >= 0.3 is 6.03 Å². The number of nitrogens with zero attached hydrogens (tertiary/aromatic N) is 1. The van der Waals surface area contributed by atoms with E-state index in [1.54, 1.807) is 4.31 Å². The van der Waals surface area contributed by atoms with Gasteiger partial charge in [-0.3, -0.25) is 0 Å². The van der Waals surface area contributed by atoms with E-state index in [0.29, 0.717) is 11.4 Å². The summed E-state index contributed by atoms with van der Waals surface area (Å²) in [5, 5.41) is 2.56. The highest BCUT2D eigenvalue weighted by Gasteiger charge is 2.35. The minimum Gasteiger partial charge on any atom is -0.352 e. The average molecular weight is 382 g/mol. The molecular formula is C19H31N3O3S. The van der Waals surface area contributed by atoms with Crippen LogP contribution in [0.3, 0.4) is 0 Å². The minimum atomic E-state index is -3.64. The quantitative estimate of drug-likeness (QED) is 0.840. The second-order valence-electron chi connectivity index (χ2n) is 8.20. The van der Waals surface area contributed by atoms with E-state index in [9.17, 15) is 13.2 Å². The monoisotopic (exact) mass is 381 g/mol. The van der Waals surface area contributed by atoms with Gasteiger partial charge in [0.15, 0.2) is 0 Å². The minimum absolute atomic E-state index is 0.0448. The summed E-state index contributed by atoms with van der Waals surface area (Å²) >= 11 is 0. The summed E-state index contributed by atoms with van der Waals surface area (Å²) < 4.78 is 28.4. The number of benzene rings is 1. The van der Waals surface area contributed by atoms with Crippen LogP contribution in [0.25, 0.3) is 0 Å². The first-order valence-corrected chi connectivity index (χ1v) is 10.6. The molecule has 1 aromatic rings. The number of carbonyl (C=O) groups excluding carboxylic acids is 1. The number of sulfonamides is 1. The molecule has 0 saturated carbocycles. The molecule has 1 aliphatic heterocycles. The number of hydrogen-bond acceptors (Lipinski definition) is 3. The van der Waals surface area contributed by atoms with Crippen molar-refractivity contribution in [2.24, 2.45) is 5.73 Å². The van der Waals surface area contributed by atoms with Crippen LogP contribution in [0.1, 0.15) is 56.7 Å². The Morgan fingerprint density at radius 1 is 1.23 bits per heavy atom. The van der Waals surface area contributed by atoms with Crippen LogP contribution in [-0.4, -0.2) is 37.9 Å². The fourth-order valence-electron chi connectivity index (χ4n) is 3.62. The molecule has 0 spiro atoms. The Morgan fingerprint density at radius 3 is 2.31 bits per heavy atom. The number of primary amides is 1. The van der Waals surface area contributed by atoms with Gasteiger partial charge in [0.2, 0.25) is 10.0 Å². The van der Waals surface area contributed by atoms with Crippen molar-refractivity contribution in [3.05, 3.63) is 28.8 Å². The van der Waals surface area contributed by atoms with Gasteiger partial charge in [0.25, 0.3) is 0 Å². The Morgan fingerprint density at radius 2 is 1.81 bits per heavy atom. The Balaban J connectivity index is 2.43. The van der Waals surface area contributed by atoms with Crippen molar-refractivity contribution in [3.8, 4) is 0 Å². The smallest absolute Gasteiger partial charge is 0.312 e. The van der Waals surface area contributed by atoms with Crippen LogP contribution in [0.4, 0.5) is 4.79 Å².